The van der Waals surface area contributed by atoms with Crippen LogP contribution in [0.1, 0.15) is 16.7 Å². The molecule has 0 spiro atoms. The summed E-state index contributed by atoms with van der Waals surface area (Å²) in [4.78, 5) is 24.2. The molecule has 0 unspecified atom stereocenters. The van der Waals surface area contributed by atoms with Gasteiger partial charge in [-0.2, -0.15) is 0 Å². The maximum Gasteiger partial charge on any atom is 0.239 e. The first-order valence-corrected chi connectivity index (χ1v) is 8.63. The molecule has 1 atom stereocenters. The zero-order valence-corrected chi connectivity index (χ0v) is 14.7. The summed E-state index contributed by atoms with van der Waals surface area (Å²) in [6, 6.07) is 15.2. The zero-order valence-electron chi connectivity index (χ0n) is 14.7. The maximum absolute atomic E-state index is 12.3. The average Bonchev–Trinajstić information content (AvgIpc) is 2.70. The Balaban J connectivity index is 1.42. The SMILES string of the molecule is COc1ccc(CNC(=O)CNC(=O)[C@H]2Cc3ccccc3CN2)cc1. The van der Waals surface area contributed by atoms with Gasteiger partial charge in [0.2, 0.25) is 11.8 Å². The van der Waals surface area contributed by atoms with Crippen molar-refractivity contribution < 1.29 is 14.3 Å². The highest BCUT2D eigenvalue weighted by molar-refractivity contribution is 5.87. The summed E-state index contributed by atoms with van der Waals surface area (Å²) in [5, 5.41) is 8.71. The number of hydrogen-bond donors (Lipinski definition) is 3. The number of rotatable bonds is 6. The molecule has 0 saturated heterocycles. The van der Waals surface area contributed by atoms with Crippen molar-refractivity contribution in [3.63, 3.8) is 0 Å². The summed E-state index contributed by atoms with van der Waals surface area (Å²) in [5.41, 5.74) is 3.36. The molecule has 1 aliphatic rings. The molecule has 26 heavy (non-hydrogen) atoms. The molecule has 0 bridgehead atoms. The lowest BCUT2D eigenvalue weighted by Crippen LogP contribution is -2.49. The Morgan fingerprint density at radius 1 is 1.08 bits per heavy atom. The second kappa shape index (κ2) is 8.49. The van der Waals surface area contributed by atoms with E-state index in [1.165, 1.54) is 11.1 Å². The molecule has 3 N–H and O–H groups in total. The second-order valence-corrected chi connectivity index (χ2v) is 6.25. The number of carbonyl (C=O) groups is 2. The number of hydrogen-bond acceptors (Lipinski definition) is 4. The first kappa shape index (κ1) is 17.9. The number of ether oxygens (including phenoxy) is 1. The molecule has 1 aliphatic heterocycles. The van der Waals surface area contributed by atoms with E-state index >= 15 is 0 Å². The summed E-state index contributed by atoms with van der Waals surface area (Å²) in [7, 11) is 1.61. The standard InChI is InChI=1S/C20H23N3O3/c1-26-17-8-6-14(7-9-17)11-22-19(24)13-23-20(25)18-10-15-4-2-3-5-16(15)12-21-18/h2-9,18,21H,10-13H2,1H3,(H,22,24)(H,23,25)/t18-/m1/s1. The molecule has 3 rings (SSSR count). The summed E-state index contributed by atoms with van der Waals surface area (Å²) in [6.07, 6.45) is 0.634. The van der Waals surface area contributed by atoms with Crippen LogP contribution in [-0.2, 0) is 29.1 Å². The lowest BCUT2D eigenvalue weighted by Gasteiger charge is -2.25. The fourth-order valence-corrected chi connectivity index (χ4v) is 2.94. The van der Waals surface area contributed by atoms with Crippen LogP contribution in [0.5, 0.6) is 5.75 Å². The Hall–Kier alpha value is -2.86. The molecule has 0 aliphatic carbocycles. The predicted molar refractivity (Wildman–Crippen MR) is 98.6 cm³/mol. The minimum atomic E-state index is -0.306. The van der Waals surface area contributed by atoms with Crippen molar-refractivity contribution in [1.29, 1.82) is 0 Å². The van der Waals surface area contributed by atoms with Crippen LogP contribution in [0.15, 0.2) is 48.5 Å². The molecule has 0 radical (unpaired) electrons. The van der Waals surface area contributed by atoms with Crippen molar-refractivity contribution >= 4 is 11.8 Å². The van der Waals surface area contributed by atoms with Gasteiger partial charge in [-0.25, -0.2) is 0 Å². The van der Waals surface area contributed by atoms with Crippen molar-refractivity contribution in [2.45, 2.75) is 25.6 Å². The van der Waals surface area contributed by atoms with Gasteiger partial charge < -0.3 is 20.7 Å². The third-order valence-corrected chi connectivity index (χ3v) is 4.47. The van der Waals surface area contributed by atoms with Crippen molar-refractivity contribution in [1.82, 2.24) is 16.0 Å². The smallest absolute Gasteiger partial charge is 0.239 e. The van der Waals surface area contributed by atoms with Crippen LogP contribution in [0.2, 0.25) is 0 Å². The number of methoxy groups -OCH3 is 1. The van der Waals surface area contributed by atoms with Crippen LogP contribution in [-0.4, -0.2) is 31.5 Å². The molecule has 0 fully saturated rings. The normalized spacial score (nSPS) is 15.7. The highest BCUT2D eigenvalue weighted by Crippen LogP contribution is 2.16. The summed E-state index contributed by atoms with van der Waals surface area (Å²) in [6.45, 7) is 1.04. The fraction of sp³-hybridized carbons (Fsp3) is 0.300. The number of nitrogens with one attached hydrogen (secondary N) is 3. The van der Waals surface area contributed by atoms with E-state index in [0.29, 0.717) is 19.5 Å². The van der Waals surface area contributed by atoms with Gasteiger partial charge in [-0.1, -0.05) is 36.4 Å². The van der Waals surface area contributed by atoms with E-state index in [9.17, 15) is 9.59 Å². The van der Waals surface area contributed by atoms with Crippen LogP contribution >= 0.6 is 0 Å². The van der Waals surface area contributed by atoms with E-state index in [1.807, 2.05) is 42.5 Å². The molecule has 136 valence electrons. The summed E-state index contributed by atoms with van der Waals surface area (Å²) >= 11 is 0. The van der Waals surface area contributed by atoms with Crippen LogP contribution < -0.4 is 20.7 Å². The van der Waals surface area contributed by atoms with Gasteiger partial charge in [0, 0.05) is 13.1 Å². The molecular weight excluding hydrogens is 330 g/mol. The molecule has 0 aromatic heterocycles. The van der Waals surface area contributed by atoms with Gasteiger partial charge in [0.25, 0.3) is 0 Å². The molecule has 2 aromatic carbocycles. The van der Waals surface area contributed by atoms with Crippen molar-refractivity contribution in [2.75, 3.05) is 13.7 Å². The quantitative estimate of drug-likeness (QED) is 0.728. The van der Waals surface area contributed by atoms with Crippen molar-refractivity contribution in [3.05, 3.63) is 65.2 Å². The topological polar surface area (TPSA) is 79.5 Å². The van der Waals surface area contributed by atoms with Crippen LogP contribution in [0, 0.1) is 0 Å². The van der Waals surface area contributed by atoms with E-state index < -0.39 is 0 Å². The maximum atomic E-state index is 12.3. The van der Waals surface area contributed by atoms with Gasteiger partial charge >= 0.3 is 0 Å². The van der Waals surface area contributed by atoms with Crippen molar-refractivity contribution in [2.24, 2.45) is 0 Å². The molecule has 6 heteroatoms. The monoisotopic (exact) mass is 353 g/mol. The van der Waals surface area contributed by atoms with E-state index in [2.05, 4.69) is 22.0 Å². The molecule has 2 amide bonds. The summed E-state index contributed by atoms with van der Waals surface area (Å²) in [5.74, 6) is 0.401. The minimum absolute atomic E-state index is 0.0329. The lowest BCUT2D eigenvalue weighted by atomic mass is 9.95. The van der Waals surface area contributed by atoms with Gasteiger partial charge in [-0.3, -0.25) is 9.59 Å². The first-order valence-electron chi connectivity index (χ1n) is 8.63. The van der Waals surface area contributed by atoms with Gasteiger partial charge in [0.15, 0.2) is 0 Å². The average molecular weight is 353 g/mol. The second-order valence-electron chi connectivity index (χ2n) is 6.25. The number of carbonyl (C=O) groups excluding carboxylic acids is 2. The zero-order chi connectivity index (χ0) is 18.4. The molecule has 0 saturated carbocycles. The highest BCUT2D eigenvalue weighted by atomic mass is 16.5. The largest absolute Gasteiger partial charge is 0.497 e. The summed E-state index contributed by atoms with van der Waals surface area (Å²) < 4.78 is 5.10. The Kier molecular flexibility index (Phi) is 5.86. The lowest BCUT2D eigenvalue weighted by molar-refractivity contribution is -0.127. The Morgan fingerprint density at radius 3 is 2.54 bits per heavy atom. The van der Waals surface area contributed by atoms with Crippen molar-refractivity contribution in [3.8, 4) is 5.75 Å². The minimum Gasteiger partial charge on any atom is -0.497 e. The van der Waals surface area contributed by atoms with Gasteiger partial charge in [0.1, 0.15) is 5.75 Å². The Bertz CT molecular complexity index is 774. The third kappa shape index (κ3) is 4.61. The van der Waals surface area contributed by atoms with Gasteiger partial charge in [-0.05, 0) is 35.2 Å². The number of fused-ring (bicyclic) bond motifs is 1. The Labute approximate surface area is 152 Å². The highest BCUT2D eigenvalue weighted by Gasteiger charge is 2.23. The van der Waals surface area contributed by atoms with E-state index in [-0.39, 0.29) is 24.4 Å². The third-order valence-electron chi connectivity index (χ3n) is 4.47. The van der Waals surface area contributed by atoms with Crippen LogP contribution in [0.3, 0.4) is 0 Å². The molecular formula is C20H23N3O3. The van der Waals surface area contributed by atoms with Crippen LogP contribution in [0.25, 0.3) is 0 Å². The Morgan fingerprint density at radius 2 is 1.81 bits per heavy atom. The first-order chi connectivity index (χ1) is 12.7. The molecule has 1 heterocycles. The fourth-order valence-electron chi connectivity index (χ4n) is 2.94. The molecule has 2 aromatic rings. The van der Waals surface area contributed by atoms with Gasteiger partial charge in [0.05, 0.1) is 19.7 Å². The molecule has 6 nitrogen and oxygen atoms in total. The van der Waals surface area contributed by atoms with E-state index in [1.54, 1.807) is 7.11 Å². The predicted octanol–water partition coefficient (Wildman–Crippen LogP) is 1.14. The number of benzene rings is 2. The van der Waals surface area contributed by atoms with E-state index in [0.717, 1.165) is 11.3 Å². The van der Waals surface area contributed by atoms with Crippen LogP contribution in [0.4, 0.5) is 0 Å². The number of amides is 2. The van der Waals surface area contributed by atoms with E-state index in [4.69, 9.17) is 4.74 Å². The van der Waals surface area contributed by atoms with Gasteiger partial charge in [-0.15, -0.1) is 0 Å².